The number of fused-ring (bicyclic) bond motifs is 9. The number of rotatable bonds is 0. The van der Waals surface area contributed by atoms with Crippen LogP contribution in [0.4, 0.5) is 8.78 Å². The molecular weight excluding hydrogens is 354 g/mol. The number of hydrogen-bond donors (Lipinski definition) is 0. The number of halogens is 2. The Bertz CT molecular complexity index is 1480. The van der Waals surface area contributed by atoms with Crippen LogP contribution in [0.25, 0.3) is 54.4 Å². The third kappa shape index (κ3) is 1.80. The summed E-state index contributed by atoms with van der Waals surface area (Å²) in [6.07, 6.45) is 0. The summed E-state index contributed by atoms with van der Waals surface area (Å²) in [4.78, 5) is 0. The van der Waals surface area contributed by atoms with Gasteiger partial charge >= 0.3 is 0 Å². The third-order valence-corrected chi connectivity index (χ3v) is 6.04. The van der Waals surface area contributed by atoms with E-state index < -0.39 is 0 Å². The van der Waals surface area contributed by atoms with Gasteiger partial charge in [-0.15, -0.1) is 0 Å². The zero-order chi connectivity index (χ0) is 19.2. The van der Waals surface area contributed by atoms with Crippen LogP contribution in [0.2, 0.25) is 0 Å². The van der Waals surface area contributed by atoms with Crippen LogP contribution in [0.15, 0.2) is 60.7 Å². The summed E-state index contributed by atoms with van der Waals surface area (Å²) in [6, 6.07) is 18.3. The lowest BCUT2D eigenvalue weighted by Crippen LogP contribution is -1.91. The van der Waals surface area contributed by atoms with E-state index in [9.17, 15) is 8.78 Å². The van der Waals surface area contributed by atoms with Gasteiger partial charge in [0.2, 0.25) is 0 Å². The summed E-state index contributed by atoms with van der Waals surface area (Å²) in [7, 11) is 3.95. The van der Waals surface area contributed by atoms with Gasteiger partial charge in [-0.3, -0.25) is 0 Å². The topological polar surface area (TPSA) is 9.86 Å². The highest BCUT2D eigenvalue weighted by atomic mass is 19.1. The first-order valence-corrected chi connectivity index (χ1v) is 9.21. The normalized spacial score (nSPS) is 12.3. The molecule has 0 radical (unpaired) electrons. The average Bonchev–Trinajstić information content (AvgIpc) is 3.14. The molecular formula is C24H16F2N2. The third-order valence-electron chi connectivity index (χ3n) is 6.04. The van der Waals surface area contributed by atoms with Gasteiger partial charge < -0.3 is 9.13 Å². The van der Waals surface area contributed by atoms with Crippen molar-refractivity contribution >= 4 is 54.4 Å². The molecule has 136 valence electrons. The van der Waals surface area contributed by atoms with Gasteiger partial charge in [0.1, 0.15) is 11.6 Å². The Kier molecular flexibility index (Phi) is 2.85. The van der Waals surface area contributed by atoms with Gasteiger partial charge in [-0.1, -0.05) is 24.3 Å². The number of benzene rings is 4. The Balaban J connectivity index is 1.87. The van der Waals surface area contributed by atoms with Crippen molar-refractivity contribution in [3.05, 3.63) is 72.3 Å². The van der Waals surface area contributed by atoms with Crippen molar-refractivity contribution in [3.63, 3.8) is 0 Å². The summed E-state index contributed by atoms with van der Waals surface area (Å²) < 4.78 is 31.8. The molecule has 0 saturated heterocycles. The molecule has 4 heteroatoms. The minimum absolute atomic E-state index is 0.235. The molecule has 0 aliphatic rings. The minimum Gasteiger partial charge on any atom is -0.343 e. The van der Waals surface area contributed by atoms with Crippen LogP contribution in [-0.4, -0.2) is 9.13 Å². The Labute approximate surface area is 159 Å². The molecule has 0 amide bonds. The van der Waals surface area contributed by atoms with Crippen molar-refractivity contribution < 1.29 is 8.78 Å². The molecule has 2 aromatic heterocycles. The summed E-state index contributed by atoms with van der Waals surface area (Å²) in [5.74, 6) is -0.471. The Morgan fingerprint density at radius 2 is 0.821 bits per heavy atom. The van der Waals surface area contributed by atoms with Gasteiger partial charge in [-0.05, 0) is 36.4 Å². The van der Waals surface area contributed by atoms with E-state index >= 15 is 0 Å². The van der Waals surface area contributed by atoms with Crippen molar-refractivity contribution in [2.75, 3.05) is 0 Å². The molecule has 0 spiro atoms. The Morgan fingerprint density at radius 1 is 0.500 bits per heavy atom. The van der Waals surface area contributed by atoms with Gasteiger partial charge in [-0.25, -0.2) is 8.78 Å². The highest BCUT2D eigenvalue weighted by Gasteiger charge is 2.16. The second-order valence-electron chi connectivity index (χ2n) is 7.46. The van der Waals surface area contributed by atoms with E-state index in [2.05, 4.69) is 33.4 Å². The maximum atomic E-state index is 13.8. The second-order valence-corrected chi connectivity index (χ2v) is 7.46. The molecule has 6 aromatic rings. The van der Waals surface area contributed by atoms with Gasteiger partial charge in [0, 0.05) is 46.4 Å². The Morgan fingerprint density at radius 3 is 1.21 bits per heavy atom. The first-order chi connectivity index (χ1) is 13.5. The first kappa shape index (κ1) is 15.6. The van der Waals surface area contributed by atoms with Gasteiger partial charge in [0.15, 0.2) is 0 Å². The highest BCUT2D eigenvalue weighted by molar-refractivity contribution is 6.25. The van der Waals surface area contributed by atoms with Crippen LogP contribution in [0.5, 0.6) is 0 Å². The molecule has 0 N–H and O–H groups in total. The maximum absolute atomic E-state index is 13.8. The quantitative estimate of drug-likeness (QED) is 0.292. The fourth-order valence-electron chi connectivity index (χ4n) is 4.79. The molecule has 2 heterocycles. The minimum atomic E-state index is -0.235. The van der Waals surface area contributed by atoms with Crippen LogP contribution in [0.1, 0.15) is 0 Å². The fourth-order valence-corrected chi connectivity index (χ4v) is 4.79. The lowest BCUT2D eigenvalue weighted by Gasteiger charge is -2.07. The molecule has 2 nitrogen and oxygen atoms in total. The molecule has 0 atom stereocenters. The van der Waals surface area contributed by atoms with Crippen LogP contribution in [0, 0.1) is 11.6 Å². The zero-order valence-corrected chi connectivity index (χ0v) is 15.4. The molecule has 6 rings (SSSR count). The van der Waals surface area contributed by atoms with Crippen LogP contribution in [-0.2, 0) is 14.1 Å². The first-order valence-electron chi connectivity index (χ1n) is 9.21. The fraction of sp³-hybridized carbons (Fsp3) is 0.0833. The molecule has 4 aromatic carbocycles. The molecule has 0 saturated carbocycles. The molecule has 0 aliphatic carbocycles. The van der Waals surface area contributed by atoms with Crippen LogP contribution in [0.3, 0.4) is 0 Å². The predicted molar refractivity (Wildman–Crippen MR) is 112 cm³/mol. The van der Waals surface area contributed by atoms with E-state index in [1.165, 1.54) is 12.1 Å². The molecule has 0 aliphatic heterocycles. The lowest BCUT2D eigenvalue weighted by atomic mass is 10.0. The van der Waals surface area contributed by atoms with Gasteiger partial charge in [0.25, 0.3) is 0 Å². The summed E-state index contributed by atoms with van der Waals surface area (Å²) in [5.41, 5.74) is 3.91. The summed E-state index contributed by atoms with van der Waals surface area (Å²) in [6.45, 7) is 0. The van der Waals surface area contributed by atoms with Crippen molar-refractivity contribution in [3.8, 4) is 0 Å². The molecule has 0 fully saturated rings. The molecule has 28 heavy (non-hydrogen) atoms. The van der Waals surface area contributed by atoms with E-state index in [-0.39, 0.29) is 11.6 Å². The molecule has 0 bridgehead atoms. The van der Waals surface area contributed by atoms with Crippen molar-refractivity contribution in [2.24, 2.45) is 14.1 Å². The number of hydrogen-bond acceptors (Lipinski definition) is 0. The monoisotopic (exact) mass is 370 g/mol. The van der Waals surface area contributed by atoms with E-state index in [0.717, 1.165) is 54.4 Å². The molecule has 0 unspecified atom stereocenters. The smallest absolute Gasteiger partial charge is 0.125 e. The van der Waals surface area contributed by atoms with Crippen LogP contribution < -0.4 is 0 Å². The standard InChI is InChI=1S/C24H16F2N2/c1-27-21-11-13(25)3-5-15(21)17-7-10-20-19(23(17)27)9-8-18-16-6-4-14(26)12-22(16)28(2)24(18)20/h3-12H,1-2H3. The summed E-state index contributed by atoms with van der Waals surface area (Å²) in [5, 5.41) is 6.51. The van der Waals surface area contributed by atoms with E-state index in [1.807, 2.05) is 26.2 Å². The number of aromatic nitrogens is 2. The zero-order valence-electron chi connectivity index (χ0n) is 15.4. The summed E-state index contributed by atoms with van der Waals surface area (Å²) >= 11 is 0. The van der Waals surface area contributed by atoms with Gasteiger partial charge in [-0.2, -0.15) is 0 Å². The van der Waals surface area contributed by atoms with Crippen molar-refractivity contribution in [2.45, 2.75) is 0 Å². The van der Waals surface area contributed by atoms with Gasteiger partial charge in [0.05, 0.1) is 22.1 Å². The number of nitrogens with zero attached hydrogens (tertiary/aromatic N) is 2. The van der Waals surface area contributed by atoms with E-state index in [4.69, 9.17) is 0 Å². The highest BCUT2D eigenvalue weighted by Crippen LogP contribution is 2.39. The SMILES string of the molecule is Cn1c2cc(F)ccc2c2ccc3c(ccc4c5ccc(F)cc5n(C)c43)c21. The van der Waals surface area contributed by atoms with Crippen molar-refractivity contribution in [1.29, 1.82) is 0 Å². The van der Waals surface area contributed by atoms with Crippen molar-refractivity contribution in [1.82, 2.24) is 9.13 Å². The average molecular weight is 370 g/mol. The Hall–Kier alpha value is -3.40. The predicted octanol–water partition coefficient (Wildman–Crippen LogP) is 6.41. The lowest BCUT2D eigenvalue weighted by molar-refractivity contribution is 0.628. The van der Waals surface area contributed by atoms with Crippen LogP contribution >= 0.6 is 0 Å². The second kappa shape index (κ2) is 5.10. The largest absolute Gasteiger partial charge is 0.343 e. The number of aryl methyl sites for hydroxylation is 2. The van der Waals surface area contributed by atoms with E-state index in [0.29, 0.717) is 0 Å². The van der Waals surface area contributed by atoms with E-state index in [1.54, 1.807) is 12.1 Å². The maximum Gasteiger partial charge on any atom is 0.125 e.